The number of hydrogen-bond acceptors (Lipinski definition) is 6. The lowest BCUT2D eigenvalue weighted by Crippen LogP contribution is -2.29. The molecule has 3 N–H and O–H groups in total. The first-order valence-electron chi connectivity index (χ1n) is 7.99. The lowest BCUT2D eigenvalue weighted by Gasteiger charge is -2.16. The van der Waals surface area contributed by atoms with Crippen molar-refractivity contribution in [2.24, 2.45) is 11.1 Å². The van der Waals surface area contributed by atoms with Crippen molar-refractivity contribution in [3.05, 3.63) is 46.6 Å². The molecule has 2 aromatic rings. The van der Waals surface area contributed by atoms with E-state index in [1.54, 1.807) is 12.1 Å². The van der Waals surface area contributed by atoms with Gasteiger partial charge in [0.2, 0.25) is 10.0 Å². The number of likely N-dealkylation sites (N-methyl/N-ethyl adjacent to an activating group) is 1. The summed E-state index contributed by atoms with van der Waals surface area (Å²) in [7, 11) is -2.32. The van der Waals surface area contributed by atoms with E-state index < -0.39 is 10.0 Å². The van der Waals surface area contributed by atoms with E-state index in [0.717, 1.165) is 16.9 Å². The van der Waals surface area contributed by atoms with Crippen molar-refractivity contribution >= 4 is 32.1 Å². The van der Waals surface area contributed by atoms with Gasteiger partial charge < -0.3 is 10.9 Å². The number of benzene rings is 1. The minimum Gasteiger partial charge on any atom is -0.411 e. The predicted molar refractivity (Wildman–Crippen MR) is 102 cm³/mol. The van der Waals surface area contributed by atoms with Crippen LogP contribution in [0.5, 0.6) is 0 Å². The zero-order chi connectivity index (χ0) is 19.5. The van der Waals surface area contributed by atoms with Gasteiger partial charge in [-0.25, -0.2) is 17.1 Å². The van der Waals surface area contributed by atoms with Gasteiger partial charge in [-0.3, -0.25) is 0 Å². The van der Waals surface area contributed by atoms with Crippen LogP contribution in [0.3, 0.4) is 0 Å². The quantitative estimate of drug-likeness (QED) is 0.425. The second kappa shape index (κ2) is 8.15. The number of nitrogens with two attached hydrogens (primary N) is 1. The van der Waals surface area contributed by atoms with E-state index >= 15 is 0 Å². The van der Waals surface area contributed by atoms with Crippen LogP contribution < -0.4 is 5.73 Å². The van der Waals surface area contributed by atoms with Crippen molar-refractivity contribution in [2.45, 2.75) is 25.2 Å². The molecule has 9 heteroatoms. The van der Waals surface area contributed by atoms with E-state index in [1.165, 1.54) is 29.6 Å². The number of rotatable bonds is 7. The summed E-state index contributed by atoms with van der Waals surface area (Å²) in [5.74, 6) is -0.412. The summed E-state index contributed by atoms with van der Waals surface area (Å²) in [4.78, 5) is 0.520. The normalized spacial score (nSPS) is 12.9. The lowest BCUT2D eigenvalue weighted by molar-refractivity contribution is 0.316. The molecule has 0 spiro atoms. The molecule has 0 fully saturated rings. The maximum Gasteiger partial charge on any atom is 0.245 e. The van der Waals surface area contributed by atoms with Crippen molar-refractivity contribution in [2.75, 3.05) is 19.3 Å². The van der Waals surface area contributed by atoms with Crippen molar-refractivity contribution in [1.29, 1.82) is 0 Å². The number of sulfonamides is 1. The van der Waals surface area contributed by atoms with E-state index in [1.807, 2.05) is 13.8 Å². The molecule has 0 saturated heterocycles. The molecule has 0 aliphatic rings. The molecule has 0 atom stereocenters. The zero-order valence-corrected chi connectivity index (χ0v) is 16.4. The van der Waals surface area contributed by atoms with E-state index in [9.17, 15) is 12.8 Å². The SMILES string of the molecule is CC(C)/C(=N/O)c1cc(S(=O)(=O)N(C)CCc2ccc(F)cc2)c(N)s1. The third-order valence-corrected chi connectivity index (χ3v) is 6.96. The van der Waals surface area contributed by atoms with E-state index in [-0.39, 0.29) is 28.2 Å². The molecule has 0 bridgehead atoms. The number of anilines is 1. The summed E-state index contributed by atoms with van der Waals surface area (Å²) in [5.41, 5.74) is 7.14. The first kappa shape index (κ1) is 20.3. The molecule has 0 saturated carbocycles. The van der Waals surface area contributed by atoms with Gasteiger partial charge in [0.25, 0.3) is 0 Å². The van der Waals surface area contributed by atoms with Crippen molar-refractivity contribution < 1.29 is 18.0 Å². The Morgan fingerprint density at radius 3 is 2.50 bits per heavy atom. The molecule has 0 radical (unpaired) electrons. The Labute approximate surface area is 156 Å². The van der Waals surface area contributed by atoms with Crippen LogP contribution in [0.1, 0.15) is 24.3 Å². The minimum absolute atomic E-state index is 0.000839. The Hall–Kier alpha value is -1.97. The van der Waals surface area contributed by atoms with E-state index in [0.29, 0.717) is 17.0 Å². The van der Waals surface area contributed by atoms with E-state index in [4.69, 9.17) is 10.9 Å². The van der Waals surface area contributed by atoms with Crippen molar-refractivity contribution in [1.82, 2.24) is 4.31 Å². The minimum atomic E-state index is -3.79. The fourth-order valence-electron chi connectivity index (χ4n) is 2.39. The third-order valence-electron chi connectivity index (χ3n) is 3.95. The first-order valence-corrected chi connectivity index (χ1v) is 10.2. The Balaban J connectivity index is 2.20. The monoisotopic (exact) mass is 399 g/mol. The molecular formula is C17H22FN3O3S2. The smallest absolute Gasteiger partial charge is 0.245 e. The highest BCUT2D eigenvalue weighted by atomic mass is 32.2. The molecule has 1 aromatic carbocycles. The average molecular weight is 400 g/mol. The Morgan fingerprint density at radius 1 is 1.35 bits per heavy atom. The molecule has 6 nitrogen and oxygen atoms in total. The Morgan fingerprint density at radius 2 is 1.96 bits per heavy atom. The number of nitrogen functional groups attached to an aromatic ring is 1. The number of halogens is 1. The van der Waals surface area contributed by atoms with Crippen molar-refractivity contribution in [3.63, 3.8) is 0 Å². The number of thiophene rings is 1. The highest BCUT2D eigenvalue weighted by molar-refractivity contribution is 7.89. The van der Waals surface area contributed by atoms with Gasteiger partial charge in [-0.1, -0.05) is 31.1 Å². The van der Waals surface area contributed by atoms with Gasteiger partial charge in [0.1, 0.15) is 15.7 Å². The predicted octanol–water partition coefficient (Wildman–Crippen LogP) is 3.17. The second-order valence-corrected chi connectivity index (χ2v) is 9.28. The summed E-state index contributed by atoms with van der Waals surface area (Å²) in [6.45, 7) is 3.91. The Kier molecular flexibility index (Phi) is 6.38. The maximum absolute atomic E-state index is 12.9. The standard InChI is InChI=1S/C17H22FN3O3S2/c1-11(2)16(20-22)14-10-15(17(19)25-14)26(23,24)21(3)9-8-12-4-6-13(18)7-5-12/h4-7,10-11,22H,8-9,19H2,1-3H3/b20-16-. The highest BCUT2D eigenvalue weighted by Crippen LogP contribution is 2.32. The summed E-state index contributed by atoms with van der Waals surface area (Å²) < 4.78 is 39.8. The average Bonchev–Trinajstić information content (AvgIpc) is 2.96. The molecule has 142 valence electrons. The second-order valence-electron chi connectivity index (χ2n) is 6.18. The number of oxime groups is 1. The van der Waals surface area contributed by atoms with Crippen LogP contribution >= 0.6 is 11.3 Å². The van der Waals surface area contributed by atoms with Crippen LogP contribution in [0.25, 0.3) is 0 Å². The van der Waals surface area contributed by atoms with Crippen LogP contribution in [0.15, 0.2) is 40.4 Å². The zero-order valence-electron chi connectivity index (χ0n) is 14.8. The highest BCUT2D eigenvalue weighted by Gasteiger charge is 2.27. The van der Waals surface area contributed by atoms with Crippen LogP contribution in [0.2, 0.25) is 0 Å². The molecular weight excluding hydrogens is 377 g/mol. The van der Waals surface area contributed by atoms with Gasteiger partial charge in [-0.05, 0) is 30.2 Å². The van der Waals surface area contributed by atoms with Gasteiger partial charge in [0, 0.05) is 19.5 Å². The lowest BCUT2D eigenvalue weighted by atomic mass is 10.1. The van der Waals surface area contributed by atoms with Gasteiger partial charge in [0.15, 0.2) is 0 Å². The summed E-state index contributed by atoms with van der Waals surface area (Å²) in [5, 5.41) is 12.6. The van der Waals surface area contributed by atoms with Gasteiger partial charge >= 0.3 is 0 Å². The van der Waals surface area contributed by atoms with Crippen LogP contribution in [-0.4, -0.2) is 37.2 Å². The number of hydrogen-bond donors (Lipinski definition) is 2. The molecule has 26 heavy (non-hydrogen) atoms. The molecule has 1 heterocycles. The first-order chi connectivity index (χ1) is 12.2. The maximum atomic E-state index is 12.9. The van der Waals surface area contributed by atoms with Gasteiger partial charge in [0.05, 0.1) is 10.6 Å². The molecule has 0 aliphatic heterocycles. The van der Waals surface area contributed by atoms with Gasteiger partial charge in [-0.15, -0.1) is 11.3 Å². The van der Waals surface area contributed by atoms with Crippen LogP contribution in [-0.2, 0) is 16.4 Å². The molecule has 0 aliphatic carbocycles. The number of nitrogens with zero attached hydrogens (tertiary/aromatic N) is 2. The third kappa shape index (κ3) is 4.40. The fourth-order valence-corrected chi connectivity index (χ4v) is 5.05. The molecule has 2 rings (SSSR count). The molecule has 0 unspecified atom stereocenters. The molecule has 1 aromatic heterocycles. The van der Waals surface area contributed by atoms with Gasteiger partial charge in [-0.2, -0.15) is 0 Å². The fraction of sp³-hybridized carbons (Fsp3) is 0.353. The van der Waals surface area contributed by atoms with Crippen molar-refractivity contribution in [3.8, 4) is 0 Å². The summed E-state index contributed by atoms with van der Waals surface area (Å²) in [6.07, 6.45) is 0.447. The van der Waals surface area contributed by atoms with Crippen LogP contribution in [0.4, 0.5) is 9.39 Å². The topological polar surface area (TPSA) is 96.0 Å². The Bertz CT molecular complexity index is 890. The molecule has 0 amide bonds. The largest absolute Gasteiger partial charge is 0.411 e. The summed E-state index contributed by atoms with van der Waals surface area (Å²) in [6, 6.07) is 7.38. The van der Waals surface area contributed by atoms with Crippen LogP contribution in [0, 0.1) is 11.7 Å². The summed E-state index contributed by atoms with van der Waals surface area (Å²) >= 11 is 1.08. The van der Waals surface area contributed by atoms with E-state index in [2.05, 4.69) is 5.16 Å².